The number of hydrogen-bond donors (Lipinski definition) is 2. The van der Waals surface area contributed by atoms with Crippen LogP contribution in [0.25, 0.3) is 0 Å². The second-order valence-corrected chi connectivity index (χ2v) is 4.96. The molecule has 0 aromatic heterocycles. The van der Waals surface area contributed by atoms with Crippen LogP contribution >= 0.6 is 0 Å². The molecule has 0 aliphatic heterocycles. The molecule has 1 aromatic rings. The second kappa shape index (κ2) is 6.91. The molecule has 0 aliphatic rings. The summed E-state index contributed by atoms with van der Waals surface area (Å²) in [5.41, 5.74) is 1.06. The third-order valence-electron chi connectivity index (χ3n) is 2.96. The van der Waals surface area contributed by atoms with Crippen molar-refractivity contribution >= 4 is 17.7 Å². The number of aromatic carboxylic acids is 1. The largest absolute Gasteiger partial charge is 0.478 e. The van der Waals surface area contributed by atoms with Crippen molar-refractivity contribution in [2.45, 2.75) is 6.92 Å². The first-order valence-electron chi connectivity index (χ1n) is 6.32. The minimum atomic E-state index is -1.05. The predicted molar refractivity (Wildman–Crippen MR) is 78.3 cm³/mol. The average molecular weight is 279 g/mol. The van der Waals surface area contributed by atoms with E-state index in [1.165, 1.54) is 4.90 Å². The van der Waals surface area contributed by atoms with Crippen LogP contribution in [-0.2, 0) is 0 Å². The quantitative estimate of drug-likeness (QED) is 0.860. The van der Waals surface area contributed by atoms with E-state index in [0.717, 1.165) is 6.54 Å². The van der Waals surface area contributed by atoms with E-state index in [-0.39, 0.29) is 11.6 Å². The molecule has 0 radical (unpaired) electrons. The van der Waals surface area contributed by atoms with Crippen LogP contribution in [0.15, 0.2) is 18.2 Å². The van der Waals surface area contributed by atoms with Gasteiger partial charge in [-0.05, 0) is 32.6 Å². The van der Waals surface area contributed by atoms with Crippen LogP contribution < -0.4 is 5.32 Å². The number of carbonyl (C=O) groups is 2. The molecule has 0 unspecified atom stereocenters. The number of carboxylic acids is 1. The van der Waals surface area contributed by atoms with Gasteiger partial charge >= 0.3 is 12.0 Å². The highest BCUT2D eigenvalue weighted by molar-refractivity contribution is 6.01. The molecular formula is C14H21N3O3. The molecule has 2 N–H and O–H groups in total. The molecule has 6 heteroatoms. The number of likely N-dealkylation sites (N-methyl/N-ethyl adjacent to an activating group) is 2. The minimum Gasteiger partial charge on any atom is -0.478 e. The zero-order chi connectivity index (χ0) is 15.3. The maximum absolute atomic E-state index is 12.0. The average Bonchev–Trinajstić information content (AvgIpc) is 2.35. The number of carboxylic acid groups (broad SMARTS) is 1. The zero-order valence-corrected chi connectivity index (χ0v) is 12.3. The van der Waals surface area contributed by atoms with Crippen LogP contribution in [0.1, 0.15) is 15.9 Å². The fraction of sp³-hybridized carbons (Fsp3) is 0.429. The summed E-state index contributed by atoms with van der Waals surface area (Å²) in [4.78, 5) is 26.7. The normalized spacial score (nSPS) is 10.4. The number of benzene rings is 1. The summed E-state index contributed by atoms with van der Waals surface area (Å²) in [5.74, 6) is -1.05. The van der Waals surface area contributed by atoms with Gasteiger partial charge in [0.1, 0.15) is 0 Å². The lowest BCUT2D eigenvalue weighted by atomic mass is 10.1. The van der Waals surface area contributed by atoms with Gasteiger partial charge in [0.05, 0.1) is 11.3 Å². The Morgan fingerprint density at radius 2 is 1.85 bits per heavy atom. The van der Waals surface area contributed by atoms with Gasteiger partial charge in [-0.15, -0.1) is 0 Å². The molecule has 110 valence electrons. The summed E-state index contributed by atoms with van der Waals surface area (Å²) in [6.07, 6.45) is 0. The summed E-state index contributed by atoms with van der Waals surface area (Å²) in [5, 5.41) is 11.8. The van der Waals surface area contributed by atoms with Crippen LogP contribution in [0.4, 0.5) is 10.5 Å². The Kier molecular flexibility index (Phi) is 5.52. The smallest absolute Gasteiger partial charge is 0.338 e. The first-order chi connectivity index (χ1) is 9.32. The standard InChI is InChI=1S/C14H21N3O3/c1-10-6-5-7-11(12(10)13(18)19)15-14(20)17(4)9-8-16(2)3/h5-7H,8-9H2,1-4H3,(H,15,20)(H,18,19). The minimum absolute atomic E-state index is 0.127. The maximum Gasteiger partial charge on any atom is 0.338 e. The van der Waals surface area contributed by atoms with E-state index in [4.69, 9.17) is 0 Å². The molecule has 1 rings (SSSR count). The summed E-state index contributed by atoms with van der Waals surface area (Å²) in [6, 6.07) is 4.69. The number of nitrogens with one attached hydrogen (secondary N) is 1. The van der Waals surface area contributed by atoms with Crippen LogP contribution in [0, 0.1) is 6.92 Å². The Hall–Kier alpha value is -2.08. The van der Waals surface area contributed by atoms with Crippen molar-refractivity contribution < 1.29 is 14.7 Å². The molecule has 2 amide bonds. The van der Waals surface area contributed by atoms with Gasteiger partial charge in [-0.2, -0.15) is 0 Å². The third kappa shape index (κ3) is 4.24. The number of rotatable bonds is 5. The van der Waals surface area contributed by atoms with Crippen molar-refractivity contribution in [1.29, 1.82) is 0 Å². The number of aryl methyl sites for hydroxylation is 1. The number of nitrogens with zero attached hydrogens (tertiary/aromatic N) is 2. The summed E-state index contributed by atoms with van der Waals surface area (Å²) in [7, 11) is 5.53. The molecule has 0 spiro atoms. The number of urea groups is 1. The van der Waals surface area contributed by atoms with Crippen molar-refractivity contribution in [3.63, 3.8) is 0 Å². The van der Waals surface area contributed by atoms with E-state index >= 15 is 0 Å². The number of hydrogen-bond acceptors (Lipinski definition) is 3. The predicted octanol–water partition coefficient (Wildman–Crippen LogP) is 1.72. The highest BCUT2D eigenvalue weighted by Gasteiger charge is 2.16. The van der Waals surface area contributed by atoms with Crippen molar-refractivity contribution in [3.05, 3.63) is 29.3 Å². The van der Waals surface area contributed by atoms with Gasteiger partial charge in [0, 0.05) is 20.1 Å². The van der Waals surface area contributed by atoms with Gasteiger partial charge < -0.3 is 20.2 Å². The molecule has 6 nitrogen and oxygen atoms in total. The van der Waals surface area contributed by atoms with E-state index in [1.54, 1.807) is 32.2 Å². The fourth-order valence-electron chi connectivity index (χ4n) is 1.72. The molecule has 0 aliphatic carbocycles. The zero-order valence-electron chi connectivity index (χ0n) is 12.3. The lowest BCUT2D eigenvalue weighted by molar-refractivity contribution is 0.0697. The van der Waals surface area contributed by atoms with Gasteiger partial charge in [0.15, 0.2) is 0 Å². The second-order valence-electron chi connectivity index (χ2n) is 4.96. The molecule has 0 bridgehead atoms. The van der Waals surface area contributed by atoms with Crippen LogP contribution in [-0.4, -0.2) is 61.1 Å². The molecule has 0 saturated heterocycles. The number of amides is 2. The molecule has 0 fully saturated rings. The van der Waals surface area contributed by atoms with E-state index < -0.39 is 5.97 Å². The first kappa shape index (κ1) is 16.0. The van der Waals surface area contributed by atoms with Gasteiger partial charge in [-0.1, -0.05) is 12.1 Å². The SMILES string of the molecule is Cc1cccc(NC(=O)N(C)CCN(C)C)c1C(=O)O. The molecule has 0 heterocycles. The van der Waals surface area contributed by atoms with Crippen LogP contribution in [0.2, 0.25) is 0 Å². The summed E-state index contributed by atoms with van der Waals surface area (Å²) in [6.45, 7) is 3.01. The van der Waals surface area contributed by atoms with Gasteiger partial charge in [0.25, 0.3) is 0 Å². The van der Waals surface area contributed by atoms with Crippen molar-refractivity contribution in [3.8, 4) is 0 Å². The fourth-order valence-corrected chi connectivity index (χ4v) is 1.72. The van der Waals surface area contributed by atoms with Gasteiger partial charge in [0.2, 0.25) is 0 Å². The monoisotopic (exact) mass is 279 g/mol. The first-order valence-corrected chi connectivity index (χ1v) is 6.32. The maximum atomic E-state index is 12.0. The molecule has 1 aromatic carbocycles. The van der Waals surface area contributed by atoms with E-state index in [2.05, 4.69) is 5.32 Å². The van der Waals surface area contributed by atoms with Crippen molar-refractivity contribution in [2.75, 3.05) is 39.5 Å². The van der Waals surface area contributed by atoms with Crippen molar-refractivity contribution in [1.82, 2.24) is 9.80 Å². The number of carbonyl (C=O) groups excluding carboxylic acids is 1. The Balaban J connectivity index is 2.80. The molecule has 20 heavy (non-hydrogen) atoms. The third-order valence-corrected chi connectivity index (χ3v) is 2.96. The highest BCUT2D eigenvalue weighted by atomic mass is 16.4. The summed E-state index contributed by atoms with van der Waals surface area (Å²) < 4.78 is 0. The summed E-state index contributed by atoms with van der Waals surface area (Å²) >= 11 is 0. The van der Waals surface area contributed by atoms with Crippen LogP contribution in [0.3, 0.4) is 0 Å². The van der Waals surface area contributed by atoms with Crippen molar-refractivity contribution in [2.24, 2.45) is 0 Å². The number of anilines is 1. The lowest BCUT2D eigenvalue weighted by Gasteiger charge is -2.21. The van der Waals surface area contributed by atoms with Crippen LogP contribution in [0.5, 0.6) is 0 Å². The Labute approximate surface area is 119 Å². The molecule has 0 saturated carbocycles. The van der Waals surface area contributed by atoms with E-state index in [9.17, 15) is 14.7 Å². The lowest BCUT2D eigenvalue weighted by Crippen LogP contribution is -2.36. The van der Waals surface area contributed by atoms with E-state index in [0.29, 0.717) is 17.8 Å². The highest BCUT2D eigenvalue weighted by Crippen LogP contribution is 2.19. The Bertz CT molecular complexity index is 500. The van der Waals surface area contributed by atoms with E-state index in [1.807, 2.05) is 19.0 Å². The van der Waals surface area contributed by atoms with Gasteiger partial charge in [-0.25, -0.2) is 9.59 Å². The Morgan fingerprint density at radius 3 is 2.40 bits per heavy atom. The molecular weight excluding hydrogens is 258 g/mol. The van der Waals surface area contributed by atoms with Gasteiger partial charge in [-0.3, -0.25) is 0 Å². The topological polar surface area (TPSA) is 72.9 Å². The Morgan fingerprint density at radius 1 is 1.20 bits per heavy atom. The molecule has 0 atom stereocenters.